The maximum absolute atomic E-state index is 5.47. The Bertz CT molecular complexity index is 403. The summed E-state index contributed by atoms with van der Waals surface area (Å²) in [5, 5.41) is 3.98. The Morgan fingerprint density at radius 2 is 2.00 bits per heavy atom. The first-order chi connectivity index (χ1) is 8.80. The van der Waals surface area contributed by atoms with Crippen LogP contribution >= 0.6 is 12.4 Å². The van der Waals surface area contributed by atoms with Gasteiger partial charge in [-0.15, -0.1) is 12.4 Å². The average molecular weight is 287 g/mol. The van der Waals surface area contributed by atoms with Crippen molar-refractivity contribution in [3.05, 3.63) is 11.7 Å². The van der Waals surface area contributed by atoms with E-state index in [4.69, 9.17) is 10.3 Å². The van der Waals surface area contributed by atoms with Crippen molar-refractivity contribution in [3.8, 4) is 0 Å². The SMILES string of the molecule is Cl.NCc1nc(CN2CCC3(CCCCC3)C2)no1. The quantitative estimate of drug-likeness (QED) is 0.922. The number of hydrogen-bond donors (Lipinski definition) is 1. The van der Waals surface area contributed by atoms with Gasteiger partial charge in [0, 0.05) is 6.54 Å². The minimum absolute atomic E-state index is 0. The van der Waals surface area contributed by atoms with Gasteiger partial charge in [-0.05, 0) is 31.2 Å². The molecule has 19 heavy (non-hydrogen) atoms. The van der Waals surface area contributed by atoms with Gasteiger partial charge in [-0.25, -0.2) is 0 Å². The zero-order chi connectivity index (χ0) is 12.4. The Labute approximate surface area is 120 Å². The molecule has 0 atom stereocenters. The van der Waals surface area contributed by atoms with Gasteiger partial charge in [0.15, 0.2) is 5.82 Å². The van der Waals surface area contributed by atoms with Crippen molar-refractivity contribution < 1.29 is 4.52 Å². The second-order valence-corrected chi connectivity index (χ2v) is 5.83. The van der Waals surface area contributed by atoms with E-state index < -0.39 is 0 Å². The normalized spacial score (nSPS) is 22.6. The van der Waals surface area contributed by atoms with Crippen LogP contribution in [0, 0.1) is 5.41 Å². The lowest BCUT2D eigenvalue weighted by molar-refractivity contribution is 0.181. The van der Waals surface area contributed by atoms with Crippen LogP contribution in [0.25, 0.3) is 0 Å². The molecule has 1 aliphatic heterocycles. The lowest BCUT2D eigenvalue weighted by atomic mass is 9.73. The summed E-state index contributed by atoms with van der Waals surface area (Å²) in [6, 6.07) is 0. The third-order valence-corrected chi connectivity index (χ3v) is 4.48. The van der Waals surface area contributed by atoms with Crippen LogP contribution in [0.15, 0.2) is 4.52 Å². The zero-order valence-electron chi connectivity index (χ0n) is 11.3. The largest absolute Gasteiger partial charge is 0.338 e. The third-order valence-electron chi connectivity index (χ3n) is 4.48. The topological polar surface area (TPSA) is 68.2 Å². The number of likely N-dealkylation sites (tertiary alicyclic amines) is 1. The Balaban J connectivity index is 0.00000133. The van der Waals surface area contributed by atoms with Crippen LogP contribution in [0.1, 0.15) is 50.2 Å². The highest BCUT2D eigenvalue weighted by molar-refractivity contribution is 5.85. The van der Waals surface area contributed by atoms with Gasteiger partial charge in [-0.2, -0.15) is 4.98 Å². The van der Waals surface area contributed by atoms with Gasteiger partial charge in [0.05, 0.1) is 13.1 Å². The number of nitrogens with two attached hydrogens (primary N) is 1. The first-order valence-corrected chi connectivity index (χ1v) is 7.04. The van der Waals surface area contributed by atoms with E-state index in [1.807, 2.05) is 0 Å². The van der Waals surface area contributed by atoms with Crippen LogP contribution in [0.4, 0.5) is 0 Å². The van der Waals surface area contributed by atoms with Gasteiger partial charge >= 0.3 is 0 Å². The monoisotopic (exact) mass is 286 g/mol. The second-order valence-electron chi connectivity index (χ2n) is 5.83. The molecule has 1 aliphatic carbocycles. The molecule has 0 aromatic carbocycles. The van der Waals surface area contributed by atoms with Crippen molar-refractivity contribution >= 4 is 12.4 Å². The molecule has 5 nitrogen and oxygen atoms in total. The first-order valence-electron chi connectivity index (χ1n) is 7.04. The van der Waals surface area contributed by atoms with Crippen LogP contribution in [-0.4, -0.2) is 28.1 Å². The van der Waals surface area contributed by atoms with Gasteiger partial charge in [-0.1, -0.05) is 24.4 Å². The van der Waals surface area contributed by atoms with Gasteiger partial charge in [0.25, 0.3) is 0 Å². The van der Waals surface area contributed by atoms with E-state index in [-0.39, 0.29) is 12.4 Å². The lowest BCUT2D eigenvalue weighted by Gasteiger charge is -2.33. The van der Waals surface area contributed by atoms with Crippen LogP contribution < -0.4 is 5.73 Å². The Morgan fingerprint density at radius 3 is 2.68 bits per heavy atom. The summed E-state index contributed by atoms with van der Waals surface area (Å²) in [5.41, 5.74) is 6.07. The molecule has 1 spiro atoms. The molecule has 0 radical (unpaired) electrons. The molecular weight excluding hydrogens is 264 g/mol. The van der Waals surface area contributed by atoms with Crippen LogP contribution in [0.5, 0.6) is 0 Å². The smallest absolute Gasteiger partial charge is 0.240 e. The van der Waals surface area contributed by atoms with Gasteiger partial charge in [0.1, 0.15) is 0 Å². The van der Waals surface area contributed by atoms with Crippen molar-refractivity contribution in [3.63, 3.8) is 0 Å². The minimum Gasteiger partial charge on any atom is -0.338 e. The van der Waals surface area contributed by atoms with Gasteiger partial charge in [0.2, 0.25) is 5.89 Å². The molecule has 3 rings (SSSR count). The fourth-order valence-electron chi connectivity index (χ4n) is 3.51. The zero-order valence-corrected chi connectivity index (χ0v) is 12.1. The molecule has 6 heteroatoms. The summed E-state index contributed by atoms with van der Waals surface area (Å²) >= 11 is 0. The standard InChI is InChI=1S/C13H22N4O.ClH/c14-8-12-15-11(16-18-12)9-17-7-6-13(10-17)4-2-1-3-5-13;/h1-10,14H2;1H. The number of rotatable bonds is 3. The maximum Gasteiger partial charge on any atom is 0.240 e. The summed E-state index contributed by atoms with van der Waals surface area (Å²) in [4.78, 5) is 6.75. The van der Waals surface area contributed by atoms with Crippen molar-refractivity contribution in [1.82, 2.24) is 15.0 Å². The lowest BCUT2D eigenvalue weighted by Crippen LogP contribution is -2.29. The van der Waals surface area contributed by atoms with E-state index in [0.29, 0.717) is 17.9 Å². The molecule has 0 bridgehead atoms. The molecule has 108 valence electrons. The molecule has 1 saturated carbocycles. The van der Waals surface area contributed by atoms with E-state index in [2.05, 4.69) is 15.0 Å². The Morgan fingerprint density at radius 1 is 1.21 bits per heavy atom. The molecule has 1 aromatic heterocycles. The van der Waals surface area contributed by atoms with E-state index in [9.17, 15) is 0 Å². The Hall–Kier alpha value is -0.650. The van der Waals surface area contributed by atoms with Crippen LogP contribution in [0.3, 0.4) is 0 Å². The van der Waals surface area contributed by atoms with Crippen molar-refractivity contribution in [1.29, 1.82) is 0 Å². The van der Waals surface area contributed by atoms with Gasteiger partial charge < -0.3 is 10.3 Å². The van der Waals surface area contributed by atoms with Gasteiger partial charge in [-0.3, -0.25) is 4.90 Å². The highest BCUT2D eigenvalue weighted by Gasteiger charge is 2.38. The summed E-state index contributed by atoms with van der Waals surface area (Å²) < 4.78 is 5.05. The van der Waals surface area contributed by atoms with Crippen molar-refractivity contribution in [2.24, 2.45) is 11.1 Å². The number of nitrogens with zero attached hydrogens (tertiary/aromatic N) is 3. The summed E-state index contributed by atoms with van der Waals surface area (Å²) in [6.07, 6.45) is 8.40. The fourth-order valence-corrected chi connectivity index (χ4v) is 3.51. The molecule has 1 aromatic rings. The third kappa shape index (κ3) is 3.27. The van der Waals surface area contributed by atoms with Crippen molar-refractivity contribution in [2.45, 2.75) is 51.6 Å². The Kier molecular flexibility index (Phi) is 4.81. The number of aromatic nitrogens is 2. The highest BCUT2D eigenvalue weighted by atomic mass is 35.5. The summed E-state index contributed by atoms with van der Waals surface area (Å²) in [6.45, 7) is 3.52. The summed E-state index contributed by atoms with van der Waals surface area (Å²) in [7, 11) is 0. The minimum atomic E-state index is 0. The molecule has 0 amide bonds. The molecule has 2 fully saturated rings. The molecule has 2 heterocycles. The predicted octanol–water partition coefficient (Wildman–Crippen LogP) is 2.11. The highest BCUT2D eigenvalue weighted by Crippen LogP contribution is 2.43. The van der Waals surface area contributed by atoms with Crippen LogP contribution in [-0.2, 0) is 13.1 Å². The van der Waals surface area contributed by atoms with E-state index in [0.717, 1.165) is 12.4 Å². The fraction of sp³-hybridized carbons (Fsp3) is 0.846. The van der Waals surface area contributed by atoms with Crippen LogP contribution in [0.2, 0.25) is 0 Å². The second kappa shape index (κ2) is 6.20. The first kappa shape index (κ1) is 14.8. The number of hydrogen-bond acceptors (Lipinski definition) is 5. The van der Waals surface area contributed by atoms with E-state index in [1.165, 1.54) is 51.6 Å². The number of halogens is 1. The maximum atomic E-state index is 5.47. The van der Waals surface area contributed by atoms with Crippen molar-refractivity contribution in [2.75, 3.05) is 13.1 Å². The average Bonchev–Trinajstić information content (AvgIpc) is 2.99. The van der Waals surface area contributed by atoms with E-state index in [1.54, 1.807) is 0 Å². The molecule has 1 saturated heterocycles. The molecule has 0 unspecified atom stereocenters. The summed E-state index contributed by atoms with van der Waals surface area (Å²) in [5.74, 6) is 1.32. The predicted molar refractivity (Wildman–Crippen MR) is 74.8 cm³/mol. The molecule has 2 aliphatic rings. The molecule has 2 N–H and O–H groups in total. The molecular formula is C13H23ClN4O. The van der Waals surface area contributed by atoms with E-state index >= 15 is 0 Å².